The Morgan fingerprint density at radius 2 is 1.97 bits per heavy atom. The molecule has 0 bridgehead atoms. The molecule has 0 radical (unpaired) electrons. The second-order valence-corrected chi connectivity index (χ2v) is 7.01. The third-order valence-electron chi connectivity index (χ3n) is 4.64. The van der Waals surface area contributed by atoms with Crippen molar-refractivity contribution in [1.29, 1.82) is 0 Å². The third-order valence-corrected chi connectivity index (χ3v) is 4.85. The minimum Gasteiger partial charge on any atom is -0.331 e. The van der Waals surface area contributed by atoms with Crippen LogP contribution >= 0.6 is 11.6 Å². The Labute approximate surface area is 171 Å². The van der Waals surface area contributed by atoms with E-state index in [1.54, 1.807) is 33.8 Å². The fourth-order valence-electron chi connectivity index (χ4n) is 3.26. The van der Waals surface area contributed by atoms with E-state index in [1.165, 1.54) is 24.4 Å². The van der Waals surface area contributed by atoms with Gasteiger partial charge in [0.25, 0.3) is 11.8 Å². The minimum atomic E-state index is -0.442. The van der Waals surface area contributed by atoms with Crippen molar-refractivity contribution < 1.29 is 14.0 Å². The molecule has 0 spiro atoms. The van der Waals surface area contributed by atoms with Crippen LogP contribution in [0.15, 0.2) is 48.7 Å². The van der Waals surface area contributed by atoms with E-state index >= 15 is 0 Å². The maximum Gasteiger partial charge on any atom is 0.272 e. The standard InChI is InChI=1S/C20H17ClFN5O2/c21-18-7-2-6-16(25-18)20(29)26-8-3-9-27-17(12-26)15(11-23-27)19(28)24-14-5-1-4-13(22)10-14/h1-2,4-7,10-11H,3,8-9,12H2,(H,24,28). The molecule has 1 aliphatic rings. The molecular formula is C20H17ClFN5O2. The Morgan fingerprint density at radius 1 is 1.14 bits per heavy atom. The predicted octanol–water partition coefficient (Wildman–Crippen LogP) is 3.37. The number of rotatable bonds is 3. The van der Waals surface area contributed by atoms with Gasteiger partial charge in [-0.25, -0.2) is 9.37 Å². The Balaban J connectivity index is 1.58. The summed E-state index contributed by atoms with van der Waals surface area (Å²) in [5, 5.41) is 7.20. The van der Waals surface area contributed by atoms with Crippen molar-refractivity contribution in [2.45, 2.75) is 19.5 Å². The molecule has 0 saturated heterocycles. The average Bonchev–Trinajstić information content (AvgIpc) is 2.97. The summed E-state index contributed by atoms with van der Waals surface area (Å²) in [5.41, 5.74) is 1.55. The maximum atomic E-state index is 13.4. The van der Waals surface area contributed by atoms with E-state index in [0.29, 0.717) is 36.5 Å². The SMILES string of the molecule is O=C(Nc1cccc(F)c1)c1cnn2c1CN(C(=O)c1cccc(Cl)n1)CCC2. The number of halogens is 2. The van der Waals surface area contributed by atoms with Gasteiger partial charge in [0.1, 0.15) is 16.7 Å². The molecule has 1 aromatic carbocycles. The van der Waals surface area contributed by atoms with Crippen LogP contribution in [0.5, 0.6) is 0 Å². The van der Waals surface area contributed by atoms with Crippen LogP contribution in [0.25, 0.3) is 0 Å². The third kappa shape index (κ3) is 4.12. The molecule has 2 aromatic heterocycles. The predicted molar refractivity (Wildman–Crippen MR) is 105 cm³/mol. The average molecular weight is 414 g/mol. The van der Waals surface area contributed by atoms with Gasteiger partial charge in [-0.05, 0) is 36.8 Å². The number of aromatic nitrogens is 3. The Hall–Kier alpha value is -3.26. The van der Waals surface area contributed by atoms with Crippen molar-refractivity contribution >= 4 is 29.1 Å². The summed E-state index contributed by atoms with van der Waals surface area (Å²) < 4.78 is 15.1. The molecule has 7 nitrogen and oxygen atoms in total. The monoisotopic (exact) mass is 413 g/mol. The molecule has 0 fully saturated rings. The molecule has 148 valence electrons. The lowest BCUT2D eigenvalue weighted by molar-refractivity contribution is 0.0738. The van der Waals surface area contributed by atoms with Gasteiger partial charge in [0.2, 0.25) is 0 Å². The first-order valence-electron chi connectivity index (χ1n) is 9.05. The number of carbonyl (C=O) groups is 2. The smallest absolute Gasteiger partial charge is 0.272 e. The van der Waals surface area contributed by atoms with Gasteiger partial charge in [-0.3, -0.25) is 14.3 Å². The molecule has 0 atom stereocenters. The molecular weight excluding hydrogens is 397 g/mol. The minimum absolute atomic E-state index is 0.207. The number of pyridine rings is 1. The van der Waals surface area contributed by atoms with Gasteiger partial charge in [-0.15, -0.1) is 0 Å². The largest absolute Gasteiger partial charge is 0.331 e. The summed E-state index contributed by atoms with van der Waals surface area (Å²) >= 11 is 5.90. The quantitative estimate of drug-likeness (QED) is 0.667. The second-order valence-electron chi connectivity index (χ2n) is 6.62. The van der Waals surface area contributed by atoms with E-state index in [-0.39, 0.29) is 23.3 Å². The normalized spacial score (nSPS) is 13.5. The zero-order chi connectivity index (χ0) is 20.4. The summed E-state index contributed by atoms with van der Waals surface area (Å²) in [5.74, 6) is -1.12. The van der Waals surface area contributed by atoms with Crippen LogP contribution in [-0.4, -0.2) is 38.0 Å². The van der Waals surface area contributed by atoms with Gasteiger partial charge >= 0.3 is 0 Å². The van der Waals surface area contributed by atoms with E-state index in [1.807, 2.05) is 0 Å². The van der Waals surface area contributed by atoms with Crippen molar-refractivity contribution in [1.82, 2.24) is 19.7 Å². The maximum absolute atomic E-state index is 13.4. The molecule has 1 N–H and O–H groups in total. The number of nitrogens with one attached hydrogen (secondary N) is 1. The van der Waals surface area contributed by atoms with Crippen molar-refractivity contribution in [2.24, 2.45) is 0 Å². The van der Waals surface area contributed by atoms with E-state index in [2.05, 4.69) is 15.4 Å². The molecule has 9 heteroatoms. The van der Waals surface area contributed by atoms with Gasteiger partial charge < -0.3 is 10.2 Å². The summed E-state index contributed by atoms with van der Waals surface area (Å²) in [6.07, 6.45) is 2.15. The van der Waals surface area contributed by atoms with Crippen LogP contribution in [-0.2, 0) is 13.1 Å². The van der Waals surface area contributed by atoms with Crippen molar-refractivity contribution in [3.05, 3.63) is 76.6 Å². The zero-order valence-corrected chi connectivity index (χ0v) is 16.1. The Morgan fingerprint density at radius 3 is 2.76 bits per heavy atom. The van der Waals surface area contributed by atoms with Gasteiger partial charge in [0.15, 0.2) is 0 Å². The summed E-state index contributed by atoms with van der Waals surface area (Å²) in [6.45, 7) is 1.29. The van der Waals surface area contributed by atoms with Gasteiger partial charge in [0, 0.05) is 18.8 Å². The van der Waals surface area contributed by atoms with Crippen molar-refractivity contribution in [3.63, 3.8) is 0 Å². The number of nitrogens with zero attached hydrogens (tertiary/aromatic N) is 4. The summed E-state index contributed by atoms with van der Waals surface area (Å²) in [7, 11) is 0. The van der Waals surface area contributed by atoms with Crippen LogP contribution in [0.2, 0.25) is 5.15 Å². The van der Waals surface area contributed by atoms with E-state index in [4.69, 9.17) is 11.6 Å². The highest BCUT2D eigenvalue weighted by Gasteiger charge is 2.26. The number of hydrogen-bond acceptors (Lipinski definition) is 4. The number of fused-ring (bicyclic) bond motifs is 1. The van der Waals surface area contributed by atoms with Crippen molar-refractivity contribution in [2.75, 3.05) is 11.9 Å². The molecule has 0 unspecified atom stereocenters. The molecule has 29 heavy (non-hydrogen) atoms. The Kier molecular flexibility index (Phi) is 5.26. The first kappa shape index (κ1) is 19.1. The number of anilines is 1. The molecule has 3 heterocycles. The first-order chi connectivity index (χ1) is 14.0. The number of carbonyl (C=O) groups excluding carboxylic acids is 2. The van der Waals surface area contributed by atoms with E-state index in [0.717, 1.165) is 0 Å². The summed E-state index contributed by atoms with van der Waals surface area (Å²) in [6, 6.07) is 10.5. The van der Waals surface area contributed by atoms with Crippen LogP contribution in [0.4, 0.5) is 10.1 Å². The van der Waals surface area contributed by atoms with Crippen LogP contribution in [0, 0.1) is 5.82 Å². The van der Waals surface area contributed by atoms with Crippen LogP contribution in [0.1, 0.15) is 33.0 Å². The van der Waals surface area contributed by atoms with E-state index < -0.39 is 11.7 Å². The topological polar surface area (TPSA) is 80.1 Å². The molecule has 2 amide bonds. The Bertz CT molecular complexity index is 1080. The number of amides is 2. The molecule has 1 aliphatic heterocycles. The fourth-order valence-corrected chi connectivity index (χ4v) is 3.42. The van der Waals surface area contributed by atoms with Crippen LogP contribution in [0.3, 0.4) is 0 Å². The second kappa shape index (κ2) is 8.00. The summed E-state index contributed by atoms with van der Waals surface area (Å²) in [4.78, 5) is 31.3. The zero-order valence-electron chi connectivity index (χ0n) is 15.3. The highest BCUT2D eigenvalue weighted by molar-refractivity contribution is 6.29. The van der Waals surface area contributed by atoms with Crippen LogP contribution < -0.4 is 5.32 Å². The number of aryl methyl sites for hydroxylation is 1. The van der Waals surface area contributed by atoms with Crippen molar-refractivity contribution in [3.8, 4) is 0 Å². The highest BCUT2D eigenvalue weighted by Crippen LogP contribution is 2.20. The first-order valence-corrected chi connectivity index (χ1v) is 9.42. The molecule has 4 rings (SSSR count). The molecule has 0 aliphatic carbocycles. The number of benzene rings is 1. The lowest BCUT2D eigenvalue weighted by atomic mass is 10.2. The fraction of sp³-hybridized carbons (Fsp3) is 0.200. The molecule has 0 saturated carbocycles. The lowest BCUT2D eigenvalue weighted by Gasteiger charge is -2.20. The molecule has 3 aromatic rings. The highest BCUT2D eigenvalue weighted by atomic mass is 35.5. The number of hydrogen-bond donors (Lipinski definition) is 1. The van der Waals surface area contributed by atoms with E-state index in [9.17, 15) is 14.0 Å². The lowest BCUT2D eigenvalue weighted by Crippen LogP contribution is -2.32. The van der Waals surface area contributed by atoms with Gasteiger partial charge in [-0.2, -0.15) is 5.10 Å². The van der Waals surface area contributed by atoms with Gasteiger partial charge in [0.05, 0.1) is 24.0 Å². The van der Waals surface area contributed by atoms with Gasteiger partial charge in [-0.1, -0.05) is 23.7 Å².